The first kappa shape index (κ1) is 12.9. The third-order valence-corrected chi connectivity index (χ3v) is 4.25. The van der Waals surface area contributed by atoms with Crippen LogP contribution in [0.15, 0.2) is 29.7 Å². The summed E-state index contributed by atoms with van der Waals surface area (Å²) < 4.78 is 22.4. The van der Waals surface area contributed by atoms with Crippen LogP contribution in [-0.4, -0.2) is 20.2 Å². The molecule has 1 atom stereocenters. The summed E-state index contributed by atoms with van der Waals surface area (Å²) in [6.07, 6.45) is 1.65. The first-order valence-corrected chi connectivity index (χ1v) is 7.51. The number of nitrogens with one attached hydrogen (secondary N) is 1. The standard InChI is InChI=1S/C11H11Cl2NO2S/c12-9-3-8(4-10(13)5-9)6-14-11-1-2-17(15,16)7-11/h1-5,11,14H,6-7H2. The van der Waals surface area contributed by atoms with Crippen molar-refractivity contribution in [3.8, 4) is 0 Å². The van der Waals surface area contributed by atoms with Crippen molar-refractivity contribution in [3.63, 3.8) is 0 Å². The van der Waals surface area contributed by atoms with E-state index in [1.54, 1.807) is 24.3 Å². The third-order valence-electron chi connectivity index (χ3n) is 2.42. The van der Waals surface area contributed by atoms with E-state index in [0.717, 1.165) is 5.56 Å². The molecule has 0 fully saturated rings. The van der Waals surface area contributed by atoms with Crippen molar-refractivity contribution in [2.24, 2.45) is 0 Å². The molecule has 0 bridgehead atoms. The molecule has 0 spiro atoms. The molecule has 0 aliphatic carbocycles. The second kappa shape index (κ2) is 4.98. The van der Waals surface area contributed by atoms with E-state index in [4.69, 9.17) is 23.2 Å². The molecular weight excluding hydrogens is 281 g/mol. The highest BCUT2D eigenvalue weighted by Crippen LogP contribution is 2.19. The fourth-order valence-electron chi connectivity index (χ4n) is 1.66. The first-order chi connectivity index (χ1) is 7.94. The van der Waals surface area contributed by atoms with Gasteiger partial charge >= 0.3 is 0 Å². The van der Waals surface area contributed by atoms with Crippen molar-refractivity contribution in [1.82, 2.24) is 5.32 Å². The SMILES string of the molecule is O=S1(=O)C=CC(NCc2cc(Cl)cc(Cl)c2)C1. The summed E-state index contributed by atoms with van der Waals surface area (Å²) in [6, 6.07) is 5.12. The molecule has 92 valence electrons. The number of rotatable bonds is 3. The zero-order valence-corrected chi connectivity index (χ0v) is 11.2. The van der Waals surface area contributed by atoms with Gasteiger partial charge in [0.1, 0.15) is 0 Å². The summed E-state index contributed by atoms with van der Waals surface area (Å²) in [6.45, 7) is 0.533. The lowest BCUT2D eigenvalue weighted by Gasteiger charge is -2.10. The average Bonchev–Trinajstić information content (AvgIpc) is 2.54. The van der Waals surface area contributed by atoms with Gasteiger partial charge in [-0.1, -0.05) is 29.3 Å². The van der Waals surface area contributed by atoms with E-state index in [0.29, 0.717) is 16.6 Å². The van der Waals surface area contributed by atoms with Crippen LogP contribution < -0.4 is 5.32 Å². The van der Waals surface area contributed by atoms with Gasteiger partial charge < -0.3 is 5.32 Å². The van der Waals surface area contributed by atoms with Crippen molar-refractivity contribution in [3.05, 3.63) is 45.3 Å². The Labute approximate surface area is 110 Å². The Morgan fingerprint density at radius 1 is 1.24 bits per heavy atom. The molecule has 17 heavy (non-hydrogen) atoms. The van der Waals surface area contributed by atoms with Crippen LogP contribution in [-0.2, 0) is 16.4 Å². The van der Waals surface area contributed by atoms with Gasteiger partial charge in [-0.05, 0) is 23.8 Å². The van der Waals surface area contributed by atoms with Crippen LogP contribution in [0.3, 0.4) is 0 Å². The van der Waals surface area contributed by atoms with Crippen molar-refractivity contribution in [1.29, 1.82) is 0 Å². The lowest BCUT2D eigenvalue weighted by atomic mass is 10.2. The quantitative estimate of drug-likeness (QED) is 0.930. The summed E-state index contributed by atoms with van der Waals surface area (Å²) in [5.74, 6) is 0.112. The summed E-state index contributed by atoms with van der Waals surface area (Å²) in [4.78, 5) is 0. The molecule has 0 radical (unpaired) electrons. The van der Waals surface area contributed by atoms with Gasteiger partial charge in [0.05, 0.1) is 5.75 Å². The summed E-state index contributed by atoms with van der Waals surface area (Å²) in [7, 11) is -3.01. The Kier molecular flexibility index (Phi) is 3.78. The van der Waals surface area contributed by atoms with Gasteiger partial charge in [0.25, 0.3) is 0 Å². The van der Waals surface area contributed by atoms with Crippen LogP contribution in [0.1, 0.15) is 5.56 Å². The molecular formula is C11H11Cl2NO2S. The van der Waals surface area contributed by atoms with Gasteiger partial charge in [-0.3, -0.25) is 0 Å². The Hall–Kier alpha value is -0.550. The zero-order valence-electron chi connectivity index (χ0n) is 8.86. The van der Waals surface area contributed by atoms with Gasteiger partial charge in [-0.2, -0.15) is 0 Å². The van der Waals surface area contributed by atoms with Crippen molar-refractivity contribution >= 4 is 33.0 Å². The van der Waals surface area contributed by atoms with Crippen LogP contribution in [0, 0.1) is 0 Å². The van der Waals surface area contributed by atoms with Gasteiger partial charge in [0.15, 0.2) is 9.84 Å². The van der Waals surface area contributed by atoms with Crippen molar-refractivity contribution in [2.45, 2.75) is 12.6 Å². The molecule has 6 heteroatoms. The van der Waals surface area contributed by atoms with Gasteiger partial charge in [-0.25, -0.2) is 8.42 Å². The number of sulfone groups is 1. The highest BCUT2D eigenvalue weighted by molar-refractivity contribution is 7.94. The van der Waals surface area contributed by atoms with E-state index in [-0.39, 0.29) is 11.8 Å². The number of benzene rings is 1. The fraction of sp³-hybridized carbons (Fsp3) is 0.273. The van der Waals surface area contributed by atoms with Gasteiger partial charge in [-0.15, -0.1) is 0 Å². The molecule has 0 amide bonds. The normalized spacial score (nSPS) is 21.9. The zero-order chi connectivity index (χ0) is 12.5. The van der Waals surface area contributed by atoms with Crippen LogP contribution in [0.25, 0.3) is 0 Å². The molecule has 1 heterocycles. The van der Waals surface area contributed by atoms with E-state index in [1.165, 1.54) is 5.41 Å². The largest absolute Gasteiger partial charge is 0.305 e. The summed E-state index contributed by atoms with van der Waals surface area (Å²) in [5.41, 5.74) is 0.931. The second-order valence-electron chi connectivity index (χ2n) is 3.92. The number of hydrogen-bond donors (Lipinski definition) is 1. The first-order valence-electron chi connectivity index (χ1n) is 5.04. The Balaban J connectivity index is 1.97. The van der Waals surface area contributed by atoms with E-state index >= 15 is 0 Å². The van der Waals surface area contributed by atoms with Crippen LogP contribution in [0.4, 0.5) is 0 Å². The molecule has 1 aromatic carbocycles. The molecule has 1 aliphatic heterocycles. The van der Waals surface area contributed by atoms with Gasteiger partial charge in [0, 0.05) is 28.0 Å². The molecule has 1 aliphatic rings. The summed E-state index contributed by atoms with van der Waals surface area (Å²) in [5, 5.41) is 5.52. The molecule has 0 aromatic heterocycles. The van der Waals surface area contributed by atoms with Crippen molar-refractivity contribution < 1.29 is 8.42 Å². The summed E-state index contributed by atoms with van der Waals surface area (Å²) >= 11 is 11.7. The molecule has 0 saturated heterocycles. The lowest BCUT2D eigenvalue weighted by molar-refractivity contribution is 0.590. The highest BCUT2D eigenvalue weighted by atomic mass is 35.5. The lowest BCUT2D eigenvalue weighted by Crippen LogP contribution is -2.29. The molecule has 1 aromatic rings. The fourth-order valence-corrected chi connectivity index (χ4v) is 3.51. The van der Waals surface area contributed by atoms with E-state index in [2.05, 4.69) is 5.32 Å². The molecule has 1 unspecified atom stereocenters. The minimum atomic E-state index is -3.01. The smallest absolute Gasteiger partial charge is 0.173 e. The second-order valence-corrected chi connectivity index (χ2v) is 6.73. The Morgan fingerprint density at radius 3 is 2.41 bits per heavy atom. The predicted octanol–water partition coefficient (Wildman–Crippen LogP) is 2.39. The molecule has 2 rings (SSSR count). The van der Waals surface area contributed by atoms with Crippen LogP contribution >= 0.6 is 23.2 Å². The van der Waals surface area contributed by atoms with E-state index < -0.39 is 9.84 Å². The average molecular weight is 292 g/mol. The maximum atomic E-state index is 11.2. The van der Waals surface area contributed by atoms with Crippen molar-refractivity contribution in [2.75, 3.05) is 5.75 Å². The molecule has 0 saturated carbocycles. The van der Waals surface area contributed by atoms with Gasteiger partial charge in [0.2, 0.25) is 0 Å². The minimum Gasteiger partial charge on any atom is -0.305 e. The third kappa shape index (κ3) is 3.71. The number of halogens is 2. The predicted molar refractivity (Wildman–Crippen MR) is 70.0 cm³/mol. The van der Waals surface area contributed by atoms with E-state index in [9.17, 15) is 8.42 Å². The highest BCUT2D eigenvalue weighted by Gasteiger charge is 2.20. The van der Waals surface area contributed by atoms with Crippen LogP contribution in [0.5, 0.6) is 0 Å². The topological polar surface area (TPSA) is 46.2 Å². The Bertz CT molecular complexity index is 534. The molecule has 1 N–H and O–H groups in total. The maximum absolute atomic E-state index is 11.2. The monoisotopic (exact) mass is 291 g/mol. The Morgan fingerprint density at radius 2 is 1.88 bits per heavy atom. The van der Waals surface area contributed by atoms with Crippen LogP contribution in [0.2, 0.25) is 10.0 Å². The molecule has 3 nitrogen and oxygen atoms in total. The minimum absolute atomic E-state index is 0.112. The van der Waals surface area contributed by atoms with E-state index in [1.807, 2.05) is 0 Å². The maximum Gasteiger partial charge on any atom is 0.173 e. The number of hydrogen-bond acceptors (Lipinski definition) is 3.